The van der Waals surface area contributed by atoms with E-state index in [2.05, 4.69) is 48.5 Å². The van der Waals surface area contributed by atoms with Crippen molar-refractivity contribution in [3.05, 3.63) is 60.4 Å². The number of ether oxygens (including phenoxy) is 1. The molecule has 0 unspecified atom stereocenters. The molecule has 21 heavy (non-hydrogen) atoms. The minimum absolute atomic E-state index is 0.609. The summed E-state index contributed by atoms with van der Waals surface area (Å²) < 4.78 is 11.8. The standard InChI is InChI=1S/C19H12O2/c1-2-5-13-12(4-1)7-8-15-14(13)9-10-16-18(15)21-17-6-3-11-20-19(16)17/h1-10H,11H2. The van der Waals surface area contributed by atoms with Crippen LogP contribution >= 0.6 is 0 Å². The fourth-order valence-corrected chi connectivity index (χ4v) is 3.18. The van der Waals surface area contributed by atoms with E-state index in [9.17, 15) is 0 Å². The molecule has 5 rings (SSSR count). The molecule has 0 bridgehead atoms. The average molecular weight is 272 g/mol. The summed E-state index contributed by atoms with van der Waals surface area (Å²) in [4.78, 5) is 0. The molecule has 1 aromatic heterocycles. The Hall–Kier alpha value is -2.74. The first-order chi connectivity index (χ1) is 10.4. The summed E-state index contributed by atoms with van der Waals surface area (Å²) in [5, 5.41) is 5.91. The Bertz CT molecular complexity index is 1040. The molecular formula is C19H12O2. The Morgan fingerprint density at radius 3 is 2.62 bits per heavy atom. The second kappa shape index (κ2) is 3.89. The number of furan rings is 1. The lowest BCUT2D eigenvalue weighted by Gasteiger charge is -2.06. The Morgan fingerprint density at radius 2 is 1.62 bits per heavy atom. The van der Waals surface area contributed by atoms with Crippen LogP contribution in [0.5, 0.6) is 5.75 Å². The molecule has 2 heterocycles. The Morgan fingerprint density at radius 1 is 0.762 bits per heavy atom. The third-order valence-corrected chi connectivity index (χ3v) is 4.15. The van der Waals surface area contributed by atoms with E-state index < -0.39 is 0 Å². The normalized spacial score (nSPS) is 13.7. The topological polar surface area (TPSA) is 22.4 Å². The van der Waals surface area contributed by atoms with Crippen LogP contribution in [0.4, 0.5) is 0 Å². The molecule has 2 nitrogen and oxygen atoms in total. The van der Waals surface area contributed by atoms with Crippen molar-refractivity contribution in [2.24, 2.45) is 0 Å². The highest BCUT2D eigenvalue weighted by Gasteiger charge is 2.18. The summed E-state index contributed by atoms with van der Waals surface area (Å²) in [7, 11) is 0. The Kier molecular flexibility index (Phi) is 2.03. The number of rotatable bonds is 0. The molecule has 1 aliphatic heterocycles. The lowest BCUT2D eigenvalue weighted by atomic mass is 10.0. The largest absolute Gasteiger partial charge is 0.485 e. The van der Waals surface area contributed by atoms with Gasteiger partial charge in [0.05, 0.1) is 5.39 Å². The van der Waals surface area contributed by atoms with Crippen LogP contribution < -0.4 is 4.74 Å². The summed E-state index contributed by atoms with van der Waals surface area (Å²) in [6.07, 6.45) is 3.97. The molecule has 3 aromatic carbocycles. The highest BCUT2D eigenvalue weighted by atomic mass is 16.5. The highest BCUT2D eigenvalue weighted by molar-refractivity contribution is 6.16. The van der Waals surface area contributed by atoms with Crippen molar-refractivity contribution in [1.82, 2.24) is 0 Å². The molecule has 0 radical (unpaired) electrons. The van der Waals surface area contributed by atoms with Crippen molar-refractivity contribution in [2.75, 3.05) is 6.61 Å². The smallest absolute Gasteiger partial charge is 0.173 e. The van der Waals surface area contributed by atoms with Crippen molar-refractivity contribution >= 4 is 38.6 Å². The van der Waals surface area contributed by atoms with Gasteiger partial charge in [0.2, 0.25) is 0 Å². The third-order valence-electron chi connectivity index (χ3n) is 4.15. The van der Waals surface area contributed by atoms with Gasteiger partial charge >= 0.3 is 0 Å². The van der Waals surface area contributed by atoms with E-state index in [0.29, 0.717) is 6.61 Å². The van der Waals surface area contributed by atoms with Crippen molar-refractivity contribution < 1.29 is 9.15 Å². The molecule has 0 atom stereocenters. The molecule has 0 amide bonds. The first kappa shape index (κ1) is 11.0. The van der Waals surface area contributed by atoms with Crippen molar-refractivity contribution in [3.63, 3.8) is 0 Å². The van der Waals surface area contributed by atoms with Crippen LogP contribution in [0.25, 0.3) is 38.6 Å². The van der Waals surface area contributed by atoms with Crippen LogP contribution in [0.1, 0.15) is 5.76 Å². The van der Waals surface area contributed by atoms with Crippen molar-refractivity contribution in [1.29, 1.82) is 0 Å². The minimum Gasteiger partial charge on any atom is -0.485 e. The summed E-state index contributed by atoms with van der Waals surface area (Å²) in [6.45, 7) is 0.609. The van der Waals surface area contributed by atoms with Crippen LogP contribution in [-0.4, -0.2) is 6.61 Å². The fourth-order valence-electron chi connectivity index (χ4n) is 3.18. The van der Waals surface area contributed by atoms with Crippen molar-refractivity contribution in [2.45, 2.75) is 0 Å². The molecule has 4 aromatic rings. The van der Waals surface area contributed by atoms with Gasteiger partial charge in [-0.1, -0.05) is 36.4 Å². The van der Waals surface area contributed by atoms with Gasteiger partial charge in [-0.2, -0.15) is 0 Å². The molecule has 0 N–H and O–H groups in total. The van der Waals surface area contributed by atoms with Crippen LogP contribution in [-0.2, 0) is 0 Å². The number of benzene rings is 3. The monoisotopic (exact) mass is 272 g/mol. The lowest BCUT2D eigenvalue weighted by molar-refractivity contribution is 0.353. The van der Waals surface area contributed by atoms with Gasteiger partial charge in [0.25, 0.3) is 0 Å². The molecule has 0 fully saturated rings. The van der Waals surface area contributed by atoms with Gasteiger partial charge in [-0.25, -0.2) is 0 Å². The summed E-state index contributed by atoms with van der Waals surface area (Å²) in [5.41, 5.74) is 0.912. The lowest BCUT2D eigenvalue weighted by Crippen LogP contribution is -1.97. The second-order valence-electron chi connectivity index (χ2n) is 5.33. The summed E-state index contributed by atoms with van der Waals surface area (Å²) >= 11 is 0. The van der Waals surface area contributed by atoms with Gasteiger partial charge in [0.15, 0.2) is 11.5 Å². The summed E-state index contributed by atoms with van der Waals surface area (Å²) in [5.74, 6) is 1.68. The van der Waals surface area contributed by atoms with E-state index in [4.69, 9.17) is 9.15 Å². The molecular weight excluding hydrogens is 260 g/mol. The van der Waals surface area contributed by atoms with E-state index in [-0.39, 0.29) is 0 Å². The first-order valence-corrected chi connectivity index (χ1v) is 7.08. The molecule has 2 heteroatoms. The van der Waals surface area contributed by atoms with Gasteiger partial charge < -0.3 is 9.15 Å². The zero-order valence-corrected chi connectivity index (χ0v) is 11.3. The number of hydrogen-bond donors (Lipinski definition) is 0. The predicted molar refractivity (Wildman–Crippen MR) is 85.8 cm³/mol. The molecule has 0 spiro atoms. The quantitative estimate of drug-likeness (QED) is 0.413. The van der Waals surface area contributed by atoms with Crippen LogP contribution in [0.2, 0.25) is 0 Å². The minimum atomic E-state index is 0.609. The maximum absolute atomic E-state index is 6.04. The highest BCUT2D eigenvalue weighted by Crippen LogP contribution is 2.40. The van der Waals surface area contributed by atoms with Gasteiger partial charge in [-0.05, 0) is 40.4 Å². The summed E-state index contributed by atoms with van der Waals surface area (Å²) in [6, 6.07) is 17.0. The zero-order chi connectivity index (χ0) is 13.8. The van der Waals surface area contributed by atoms with Gasteiger partial charge in [0, 0.05) is 5.39 Å². The van der Waals surface area contributed by atoms with Gasteiger partial charge in [0.1, 0.15) is 12.2 Å². The van der Waals surface area contributed by atoms with Crippen molar-refractivity contribution in [3.8, 4) is 5.75 Å². The molecule has 0 aliphatic carbocycles. The van der Waals surface area contributed by atoms with Crippen LogP contribution in [0, 0.1) is 0 Å². The maximum Gasteiger partial charge on any atom is 0.173 e. The van der Waals surface area contributed by atoms with E-state index in [0.717, 1.165) is 27.9 Å². The average Bonchev–Trinajstić information content (AvgIpc) is 2.93. The van der Waals surface area contributed by atoms with E-state index in [1.807, 2.05) is 12.2 Å². The SMILES string of the molecule is C1=Cc2oc3c(ccc4c5ccccc5ccc43)c2OC1. The maximum atomic E-state index is 6.04. The number of fused-ring (bicyclic) bond motifs is 7. The van der Waals surface area contributed by atoms with E-state index in [1.165, 1.54) is 16.2 Å². The first-order valence-electron chi connectivity index (χ1n) is 7.08. The van der Waals surface area contributed by atoms with E-state index in [1.54, 1.807) is 0 Å². The van der Waals surface area contributed by atoms with Crippen LogP contribution in [0.15, 0.2) is 59.0 Å². The molecule has 0 saturated heterocycles. The second-order valence-corrected chi connectivity index (χ2v) is 5.33. The Labute approximate surface area is 121 Å². The zero-order valence-electron chi connectivity index (χ0n) is 11.3. The molecule has 100 valence electrons. The third kappa shape index (κ3) is 1.42. The molecule has 0 saturated carbocycles. The predicted octanol–water partition coefficient (Wildman–Crippen LogP) is 5.14. The molecule has 1 aliphatic rings. The number of hydrogen-bond acceptors (Lipinski definition) is 2. The van der Waals surface area contributed by atoms with E-state index >= 15 is 0 Å². The van der Waals surface area contributed by atoms with Gasteiger partial charge in [-0.15, -0.1) is 0 Å². The van der Waals surface area contributed by atoms with Gasteiger partial charge in [-0.3, -0.25) is 0 Å². The van der Waals surface area contributed by atoms with Crippen LogP contribution in [0.3, 0.4) is 0 Å². The Balaban J connectivity index is 1.99. The fraction of sp³-hybridized carbons (Fsp3) is 0.0526.